The molecule has 1 aliphatic rings. The second-order valence-electron chi connectivity index (χ2n) is 4.21. The number of hydrogen-bond donors (Lipinski definition) is 1. The minimum atomic E-state index is -0.121. The molecule has 2 rings (SSSR count). The number of benzene rings is 1. The van der Waals surface area contributed by atoms with Crippen LogP contribution in [0.25, 0.3) is 0 Å². The van der Waals surface area contributed by atoms with Gasteiger partial charge in [0.05, 0.1) is 0 Å². The van der Waals surface area contributed by atoms with Crippen LogP contribution in [0, 0.1) is 0 Å². The maximum Gasteiger partial charge on any atom is 0.251 e. The van der Waals surface area contributed by atoms with Gasteiger partial charge in [-0.15, -0.1) is 11.6 Å². The standard InChI is InChI=1S/C13H16ClNO3/c1-9(4-5-14)15-13(16)10-2-3-11-12(8-10)18-7-6-17-11/h2-3,8-9H,4-7H2,1H3,(H,15,16). The van der Waals surface area contributed by atoms with Crippen LogP contribution in [0.4, 0.5) is 0 Å². The summed E-state index contributed by atoms with van der Waals surface area (Å²) in [5.74, 6) is 1.72. The van der Waals surface area contributed by atoms with Crippen molar-refractivity contribution < 1.29 is 14.3 Å². The maximum absolute atomic E-state index is 12.0. The Labute approximate surface area is 111 Å². The number of halogens is 1. The van der Waals surface area contributed by atoms with Gasteiger partial charge in [0.15, 0.2) is 11.5 Å². The Morgan fingerprint density at radius 3 is 2.83 bits per heavy atom. The van der Waals surface area contributed by atoms with Crippen molar-refractivity contribution in [2.24, 2.45) is 0 Å². The van der Waals surface area contributed by atoms with Crippen LogP contribution >= 0.6 is 11.6 Å². The summed E-state index contributed by atoms with van der Waals surface area (Å²) in [5.41, 5.74) is 0.570. The van der Waals surface area contributed by atoms with E-state index in [2.05, 4.69) is 5.32 Å². The third-order valence-electron chi connectivity index (χ3n) is 2.72. The first-order valence-electron chi connectivity index (χ1n) is 5.97. The van der Waals surface area contributed by atoms with Gasteiger partial charge in [0.1, 0.15) is 13.2 Å². The number of nitrogens with one attached hydrogen (secondary N) is 1. The summed E-state index contributed by atoms with van der Waals surface area (Å²) in [6, 6.07) is 5.26. The third kappa shape index (κ3) is 3.07. The molecule has 5 heteroatoms. The van der Waals surface area contributed by atoms with E-state index >= 15 is 0 Å². The molecular weight excluding hydrogens is 254 g/mol. The van der Waals surface area contributed by atoms with Crippen LogP contribution in [0.1, 0.15) is 23.7 Å². The van der Waals surface area contributed by atoms with E-state index in [1.165, 1.54) is 0 Å². The van der Waals surface area contributed by atoms with E-state index in [1.54, 1.807) is 18.2 Å². The number of fused-ring (bicyclic) bond motifs is 1. The van der Waals surface area contributed by atoms with E-state index in [1.807, 2.05) is 6.92 Å². The predicted octanol–water partition coefficient (Wildman–Crippen LogP) is 2.21. The van der Waals surface area contributed by atoms with Crippen molar-refractivity contribution >= 4 is 17.5 Å². The topological polar surface area (TPSA) is 47.6 Å². The molecule has 1 amide bonds. The van der Waals surface area contributed by atoms with Gasteiger partial charge in [-0.25, -0.2) is 0 Å². The molecule has 0 spiro atoms. The lowest BCUT2D eigenvalue weighted by Gasteiger charge is -2.19. The molecule has 4 nitrogen and oxygen atoms in total. The lowest BCUT2D eigenvalue weighted by atomic mass is 10.1. The Balaban J connectivity index is 2.06. The lowest BCUT2D eigenvalue weighted by Crippen LogP contribution is -2.32. The van der Waals surface area contributed by atoms with Crippen LogP contribution in [-0.4, -0.2) is 31.0 Å². The van der Waals surface area contributed by atoms with Crippen LogP contribution in [0.3, 0.4) is 0 Å². The molecule has 18 heavy (non-hydrogen) atoms. The summed E-state index contributed by atoms with van der Waals surface area (Å²) in [7, 11) is 0. The minimum absolute atomic E-state index is 0.0585. The van der Waals surface area contributed by atoms with Gasteiger partial charge in [0.2, 0.25) is 0 Å². The van der Waals surface area contributed by atoms with Crippen LogP contribution < -0.4 is 14.8 Å². The molecule has 0 fully saturated rings. The number of hydrogen-bond acceptors (Lipinski definition) is 3. The van der Waals surface area contributed by atoms with Crippen LogP contribution in [0.5, 0.6) is 11.5 Å². The van der Waals surface area contributed by atoms with Gasteiger partial charge < -0.3 is 14.8 Å². The molecule has 1 aromatic rings. The van der Waals surface area contributed by atoms with Crippen molar-refractivity contribution in [2.75, 3.05) is 19.1 Å². The number of rotatable bonds is 4. The predicted molar refractivity (Wildman–Crippen MR) is 69.7 cm³/mol. The summed E-state index contributed by atoms with van der Waals surface area (Å²) in [6.07, 6.45) is 0.748. The highest BCUT2D eigenvalue weighted by Gasteiger charge is 2.15. The highest BCUT2D eigenvalue weighted by molar-refractivity contribution is 6.17. The summed E-state index contributed by atoms with van der Waals surface area (Å²) in [5, 5.41) is 2.88. The molecule has 1 aromatic carbocycles. The van der Waals surface area contributed by atoms with E-state index in [4.69, 9.17) is 21.1 Å². The van der Waals surface area contributed by atoms with Crippen molar-refractivity contribution in [3.63, 3.8) is 0 Å². The monoisotopic (exact) mass is 269 g/mol. The van der Waals surface area contributed by atoms with Gasteiger partial charge in [-0.3, -0.25) is 4.79 Å². The molecule has 1 heterocycles. The average Bonchev–Trinajstić information content (AvgIpc) is 2.38. The summed E-state index contributed by atoms with van der Waals surface area (Å²) >= 11 is 5.63. The van der Waals surface area contributed by atoms with Crippen LogP contribution in [0.2, 0.25) is 0 Å². The summed E-state index contributed by atoms with van der Waals surface area (Å²) < 4.78 is 10.8. The minimum Gasteiger partial charge on any atom is -0.486 e. The first-order valence-corrected chi connectivity index (χ1v) is 6.50. The molecular formula is C13H16ClNO3. The smallest absolute Gasteiger partial charge is 0.251 e. The average molecular weight is 270 g/mol. The first kappa shape index (κ1) is 13.0. The maximum atomic E-state index is 12.0. The Hall–Kier alpha value is -1.42. The summed E-state index contributed by atoms with van der Waals surface area (Å²) in [4.78, 5) is 12.0. The van der Waals surface area contributed by atoms with Gasteiger partial charge in [0.25, 0.3) is 5.91 Å². The van der Waals surface area contributed by atoms with Crippen molar-refractivity contribution in [1.82, 2.24) is 5.32 Å². The van der Waals surface area contributed by atoms with E-state index in [-0.39, 0.29) is 11.9 Å². The molecule has 1 aliphatic heterocycles. The number of ether oxygens (including phenoxy) is 2. The molecule has 0 saturated heterocycles. The van der Waals surface area contributed by atoms with E-state index in [0.717, 1.165) is 6.42 Å². The number of alkyl halides is 1. The van der Waals surface area contributed by atoms with Crippen LogP contribution in [-0.2, 0) is 0 Å². The molecule has 98 valence electrons. The summed E-state index contributed by atoms with van der Waals surface area (Å²) in [6.45, 7) is 2.99. The van der Waals surface area contributed by atoms with Gasteiger partial charge in [-0.05, 0) is 31.5 Å². The third-order valence-corrected chi connectivity index (χ3v) is 2.94. The number of amides is 1. The lowest BCUT2D eigenvalue weighted by molar-refractivity contribution is 0.0938. The SMILES string of the molecule is CC(CCCl)NC(=O)c1ccc2c(c1)OCCO2. The molecule has 0 radical (unpaired) electrons. The zero-order chi connectivity index (χ0) is 13.0. The second-order valence-corrected chi connectivity index (χ2v) is 4.59. The zero-order valence-corrected chi connectivity index (χ0v) is 11.0. The van der Waals surface area contributed by atoms with Gasteiger partial charge in [0, 0.05) is 17.5 Å². The fourth-order valence-electron chi connectivity index (χ4n) is 1.73. The molecule has 0 aliphatic carbocycles. The Morgan fingerprint density at radius 1 is 1.39 bits per heavy atom. The molecule has 1 unspecified atom stereocenters. The Kier molecular flexibility index (Phi) is 4.31. The van der Waals surface area contributed by atoms with Crippen molar-refractivity contribution in [2.45, 2.75) is 19.4 Å². The highest BCUT2D eigenvalue weighted by atomic mass is 35.5. The Morgan fingerprint density at radius 2 is 2.11 bits per heavy atom. The molecule has 0 bridgehead atoms. The largest absolute Gasteiger partial charge is 0.486 e. The first-order chi connectivity index (χ1) is 8.70. The number of carbonyl (C=O) groups is 1. The van der Waals surface area contributed by atoms with Crippen molar-refractivity contribution in [3.05, 3.63) is 23.8 Å². The molecule has 1 N–H and O–H groups in total. The van der Waals surface area contributed by atoms with Crippen molar-refractivity contribution in [3.8, 4) is 11.5 Å². The normalized spacial score (nSPS) is 15.0. The Bertz CT molecular complexity index is 436. The van der Waals surface area contributed by atoms with E-state index in [0.29, 0.717) is 36.2 Å². The van der Waals surface area contributed by atoms with Gasteiger partial charge >= 0.3 is 0 Å². The second kappa shape index (κ2) is 5.96. The van der Waals surface area contributed by atoms with E-state index < -0.39 is 0 Å². The quantitative estimate of drug-likeness (QED) is 0.853. The fourth-order valence-corrected chi connectivity index (χ4v) is 2.05. The molecule has 0 saturated carbocycles. The molecule has 0 aromatic heterocycles. The number of carbonyl (C=O) groups excluding carboxylic acids is 1. The molecule has 1 atom stereocenters. The zero-order valence-electron chi connectivity index (χ0n) is 10.2. The van der Waals surface area contributed by atoms with Crippen LogP contribution in [0.15, 0.2) is 18.2 Å². The van der Waals surface area contributed by atoms with Crippen molar-refractivity contribution in [1.29, 1.82) is 0 Å². The van der Waals surface area contributed by atoms with E-state index in [9.17, 15) is 4.79 Å². The highest BCUT2D eigenvalue weighted by Crippen LogP contribution is 2.30. The van der Waals surface area contributed by atoms with Gasteiger partial charge in [-0.2, -0.15) is 0 Å². The fraction of sp³-hybridized carbons (Fsp3) is 0.462. The van der Waals surface area contributed by atoms with Gasteiger partial charge in [-0.1, -0.05) is 0 Å².